The van der Waals surface area contributed by atoms with Gasteiger partial charge in [0.2, 0.25) is 0 Å². The maximum absolute atomic E-state index is 12.2. The number of nitrogens with two attached hydrogens (primary N) is 1. The predicted octanol–water partition coefficient (Wildman–Crippen LogP) is 2.08. The van der Waals surface area contributed by atoms with E-state index in [1.165, 1.54) is 6.07 Å². The van der Waals surface area contributed by atoms with Crippen molar-refractivity contribution in [3.63, 3.8) is 0 Å². The second-order valence-electron chi connectivity index (χ2n) is 4.37. The first-order chi connectivity index (χ1) is 8.87. The van der Waals surface area contributed by atoms with E-state index in [0.717, 1.165) is 11.3 Å². The van der Waals surface area contributed by atoms with Gasteiger partial charge in [0.15, 0.2) is 0 Å². The van der Waals surface area contributed by atoms with Crippen LogP contribution in [0.4, 0.5) is 11.4 Å². The quantitative estimate of drug-likeness (QED) is 0.841. The molecule has 0 bridgehead atoms. The molecule has 100 valence electrons. The summed E-state index contributed by atoms with van der Waals surface area (Å²) in [4.78, 5) is 4.17. The lowest BCUT2D eigenvalue weighted by Crippen LogP contribution is -2.13. The number of aryl methyl sites for hydroxylation is 2. The average Bonchev–Trinajstić information content (AvgIpc) is 2.26. The number of pyridine rings is 1. The molecule has 19 heavy (non-hydrogen) atoms. The Morgan fingerprint density at radius 2 is 1.89 bits per heavy atom. The maximum atomic E-state index is 12.2. The zero-order chi connectivity index (χ0) is 14.0. The molecule has 0 spiro atoms. The fourth-order valence-corrected chi connectivity index (χ4v) is 2.94. The molecule has 0 atom stereocenters. The van der Waals surface area contributed by atoms with Crippen molar-refractivity contribution < 1.29 is 8.42 Å². The van der Waals surface area contributed by atoms with Crippen LogP contribution in [0.5, 0.6) is 0 Å². The van der Waals surface area contributed by atoms with Gasteiger partial charge >= 0.3 is 0 Å². The van der Waals surface area contributed by atoms with Crippen LogP contribution in [0.15, 0.2) is 41.4 Å². The van der Waals surface area contributed by atoms with Crippen molar-refractivity contribution in [1.82, 2.24) is 4.98 Å². The number of rotatable bonds is 3. The van der Waals surface area contributed by atoms with Gasteiger partial charge in [-0.1, -0.05) is 0 Å². The number of nitrogens with one attached hydrogen (secondary N) is 1. The summed E-state index contributed by atoms with van der Waals surface area (Å²) in [5.74, 6) is 0. The number of sulfonamides is 1. The fourth-order valence-electron chi connectivity index (χ4n) is 1.75. The summed E-state index contributed by atoms with van der Waals surface area (Å²) in [6.07, 6.45) is 1.55. The van der Waals surface area contributed by atoms with Crippen molar-refractivity contribution in [2.75, 3.05) is 10.5 Å². The molecule has 1 heterocycles. The first-order valence-corrected chi connectivity index (χ1v) is 7.18. The molecule has 3 N–H and O–H groups in total. The van der Waals surface area contributed by atoms with Crippen molar-refractivity contribution in [1.29, 1.82) is 0 Å². The van der Waals surface area contributed by atoms with Gasteiger partial charge in [-0.15, -0.1) is 0 Å². The number of hydrogen-bond donors (Lipinski definition) is 2. The van der Waals surface area contributed by atoms with Crippen molar-refractivity contribution in [2.45, 2.75) is 18.7 Å². The Morgan fingerprint density at radius 3 is 2.53 bits per heavy atom. The van der Waals surface area contributed by atoms with Crippen molar-refractivity contribution in [3.8, 4) is 0 Å². The van der Waals surface area contributed by atoms with Crippen LogP contribution < -0.4 is 10.5 Å². The van der Waals surface area contributed by atoms with Crippen LogP contribution in [0.3, 0.4) is 0 Å². The molecule has 0 saturated heterocycles. The summed E-state index contributed by atoms with van der Waals surface area (Å²) in [5, 5.41) is 0. The molecule has 6 heteroatoms. The van der Waals surface area contributed by atoms with Gasteiger partial charge in [0.05, 0.1) is 10.6 Å². The normalized spacial score (nSPS) is 11.3. The summed E-state index contributed by atoms with van der Waals surface area (Å²) >= 11 is 0. The molecule has 0 fully saturated rings. The minimum absolute atomic E-state index is 0.152. The number of hydrogen-bond acceptors (Lipinski definition) is 4. The fraction of sp³-hybridized carbons (Fsp3) is 0.154. The molecule has 0 saturated carbocycles. The van der Waals surface area contributed by atoms with Crippen LogP contribution >= 0.6 is 0 Å². The SMILES string of the molecule is Cc1cc(N)cc(S(=O)(=O)Nc2ccnc(C)c2)c1. The molecule has 2 rings (SSSR count). The van der Waals surface area contributed by atoms with E-state index in [9.17, 15) is 8.42 Å². The van der Waals surface area contributed by atoms with Crippen LogP contribution in [-0.2, 0) is 10.0 Å². The van der Waals surface area contributed by atoms with Crippen molar-refractivity contribution in [3.05, 3.63) is 47.8 Å². The van der Waals surface area contributed by atoms with Gasteiger partial charge in [-0.3, -0.25) is 9.71 Å². The zero-order valence-electron chi connectivity index (χ0n) is 10.7. The summed E-state index contributed by atoms with van der Waals surface area (Å²) < 4.78 is 27.0. The Morgan fingerprint density at radius 1 is 1.16 bits per heavy atom. The molecule has 0 radical (unpaired) electrons. The van der Waals surface area contributed by atoms with Gasteiger partial charge in [-0.25, -0.2) is 8.42 Å². The van der Waals surface area contributed by atoms with Gasteiger partial charge in [0.1, 0.15) is 0 Å². The lowest BCUT2D eigenvalue weighted by atomic mass is 10.2. The summed E-state index contributed by atoms with van der Waals surface area (Å²) in [7, 11) is -3.63. The van der Waals surface area contributed by atoms with Crippen molar-refractivity contribution >= 4 is 21.4 Å². The highest BCUT2D eigenvalue weighted by atomic mass is 32.2. The second-order valence-corrected chi connectivity index (χ2v) is 6.05. The Hall–Kier alpha value is -2.08. The Kier molecular flexibility index (Phi) is 3.44. The van der Waals surface area contributed by atoms with E-state index in [-0.39, 0.29) is 4.90 Å². The number of nitrogens with zero attached hydrogens (tertiary/aromatic N) is 1. The van der Waals surface area contributed by atoms with Crippen LogP contribution in [0.2, 0.25) is 0 Å². The maximum Gasteiger partial charge on any atom is 0.261 e. The highest BCUT2D eigenvalue weighted by molar-refractivity contribution is 7.92. The van der Waals surface area contributed by atoms with Crippen LogP contribution in [0.25, 0.3) is 0 Å². The Bertz CT molecular complexity index is 691. The third-order valence-electron chi connectivity index (χ3n) is 2.53. The molecule has 1 aromatic heterocycles. The molecule has 1 aromatic carbocycles. The molecular formula is C13H15N3O2S. The molecule has 0 amide bonds. The zero-order valence-corrected chi connectivity index (χ0v) is 11.5. The highest BCUT2D eigenvalue weighted by Crippen LogP contribution is 2.19. The van der Waals surface area contributed by atoms with E-state index < -0.39 is 10.0 Å². The summed E-state index contributed by atoms with van der Waals surface area (Å²) in [6, 6.07) is 7.99. The van der Waals surface area contributed by atoms with Crippen LogP contribution in [0, 0.1) is 13.8 Å². The van der Waals surface area contributed by atoms with E-state index in [2.05, 4.69) is 9.71 Å². The van der Waals surface area contributed by atoms with E-state index in [1.807, 2.05) is 0 Å². The van der Waals surface area contributed by atoms with E-state index in [4.69, 9.17) is 5.73 Å². The number of benzene rings is 1. The van der Waals surface area contributed by atoms with Gasteiger partial charge in [0.25, 0.3) is 10.0 Å². The van der Waals surface area contributed by atoms with Gasteiger partial charge in [-0.2, -0.15) is 0 Å². The largest absolute Gasteiger partial charge is 0.399 e. The first kappa shape index (κ1) is 13.4. The minimum Gasteiger partial charge on any atom is -0.399 e. The summed E-state index contributed by atoms with van der Waals surface area (Å²) in [6.45, 7) is 3.59. The third kappa shape index (κ3) is 3.23. The Labute approximate surface area is 112 Å². The van der Waals surface area contributed by atoms with E-state index in [0.29, 0.717) is 11.4 Å². The molecule has 5 nitrogen and oxygen atoms in total. The van der Waals surface area contributed by atoms with Gasteiger partial charge in [-0.05, 0) is 49.7 Å². The van der Waals surface area contributed by atoms with E-state index in [1.54, 1.807) is 44.3 Å². The molecule has 0 unspecified atom stereocenters. The lowest BCUT2D eigenvalue weighted by Gasteiger charge is -2.09. The second kappa shape index (κ2) is 4.89. The predicted molar refractivity (Wildman–Crippen MR) is 75.4 cm³/mol. The molecule has 0 aliphatic heterocycles. The number of anilines is 2. The minimum atomic E-state index is -3.63. The van der Waals surface area contributed by atoms with Crippen molar-refractivity contribution in [2.24, 2.45) is 0 Å². The van der Waals surface area contributed by atoms with Crippen LogP contribution in [-0.4, -0.2) is 13.4 Å². The third-order valence-corrected chi connectivity index (χ3v) is 3.89. The molecule has 0 aliphatic rings. The van der Waals surface area contributed by atoms with E-state index >= 15 is 0 Å². The average molecular weight is 277 g/mol. The molecule has 0 aliphatic carbocycles. The lowest BCUT2D eigenvalue weighted by molar-refractivity contribution is 0.601. The topological polar surface area (TPSA) is 85.1 Å². The Balaban J connectivity index is 2.37. The smallest absolute Gasteiger partial charge is 0.261 e. The number of aromatic nitrogens is 1. The summed E-state index contributed by atoms with van der Waals surface area (Å²) in [5.41, 5.74) is 8.11. The highest BCUT2D eigenvalue weighted by Gasteiger charge is 2.15. The number of nitrogen functional groups attached to an aromatic ring is 1. The van der Waals surface area contributed by atoms with Gasteiger partial charge < -0.3 is 5.73 Å². The first-order valence-electron chi connectivity index (χ1n) is 5.69. The standard InChI is InChI=1S/C13H15N3O2S/c1-9-5-11(14)8-13(6-9)19(17,18)16-12-3-4-15-10(2)7-12/h3-8H,14H2,1-2H3,(H,15,16). The monoisotopic (exact) mass is 277 g/mol. The molecule has 2 aromatic rings. The van der Waals surface area contributed by atoms with Gasteiger partial charge in [0, 0.05) is 17.6 Å². The molecular weight excluding hydrogens is 262 g/mol. The van der Waals surface area contributed by atoms with Crippen LogP contribution in [0.1, 0.15) is 11.3 Å².